The second-order valence-corrected chi connectivity index (χ2v) is 4.12. The van der Waals surface area contributed by atoms with E-state index >= 15 is 0 Å². The SMILES string of the molecule is Cc1nc(-n2cc(C)c(CF)n2)cs1. The van der Waals surface area contributed by atoms with Gasteiger partial charge in [0.25, 0.3) is 0 Å². The smallest absolute Gasteiger partial charge is 0.164 e. The maximum atomic E-state index is 12.4. The van der Waals surface area contributed by atoms with E-state index in [2.05, 4.69) is 10.1 Å². The molecule has 0 N–H and O–H groups in total. The highest BCUT2D eigenvalue weighted by Crippen LogP contribution is 2.15. The first kappa shape index (κ1) is 9.33. The molecule has 0 fully saturated rings. The van der Waals surface area contributed by atoms with Crippen molar-refractivity contribution in [1.82, 2.24) is 14.8 Å². The van der Waals surface area contributed by atoms with Crippen molar-refractivity contribution in [2.45, 2.75) is 20.5 Å². The Morgan fingerprint density at radius 1 is 1.50 bits per heavy atom. The van der Waals surface area contributed by atoms with E-state index in [9.17, 15) is 4.39 Å². The predicted octanol–water partition coefficient (Wildman–Crippen LogP) is 2.42. The van der Waals surface area contributed by atoms with Crippen LogP contribution >= 0.6 is 11.3 Å². The Morgan fingerprint density at radius 3 is 2.79 bits per heavy atom. The summed E-state index contributed by atoms with van der Waals surface area (Å²) in [5, 5.41) is 6.99. The van der Waals surface area contributed by atoms with Gasteiger partial charge in [0.05, 0.1) is 10.7 Å². The molecule has 5 heteroatoms. The summed E-state index contributed by atoms with van der Waals surface area (Å²) < 4.78 is 14.0. The molecule has 74 valence electrons. The molecule has 14 heavy (non-hydrogen) atoms. The van der Waals surface area contributed by atoms with Crippen LogP contribution in [-0.4, -0.2) is 14.8 Å². The zero-order chi connectivity index (χ0) is 10.1. The number of thiazole rings is 1. The van der Waals surface area contributed by atoms with Crippen LogP contribution in [0.2, 0.25) is 0 Å². The molecular weight excluding hydrogens is 201 g/mol. The number of nitrogens with zero attached hydrogens (tertiary/aromatic N) is 3. The first-order valence-corrected chi connectivity index (χ1v) is 5.12. The number of halogens is 1. The van der Waals surface area contributed by atoms with E-state index in [0.29, 0.717) is 5.69 Å². The Morgan fingerprint density at radius 2 is 2.29 bits per heavy atom. The molecule has 0 radical (unpaired) electrons. The second-order valence-electron chi connectivity index (χ2n) is 3.06. The van der Waals surface area contributed by atoms with E-state index in [1.54, 1.807) is 22.2 Å². The second kappa shape index (κ2) is 3.49. The third-order valence-electron chi connectivity index (χ3n) is 1.97. The van der Waals surface area contributed by atoms with E-state index in [4.69, 9.17) is 0 Å². The summed E-state index contributed by atoms with van der Waals surface area (Å²) in [6.45, 7) is 3.25. The molecule has 0 bridgehead atoms. The fourth-order valence-corrected chi connectivity index (χ4v) is 1.79. The summed E-state index contributed by atoms with van der Waals surface area (Å²) in [6.07, 6.45) is 1.80. The molecule has 2 aromatic rings. The average molecular weight is 211 g/mol. The van der Waals surface area contributed by atoms with Crippen LogP contribution in [0, 0.1) is 13.8 Å². The molecule has 0 spiro atoms. The van der Waals surface area contributed by atoms with Crippen LogP contribution in [0.5, 0.6) is 0 Å². The molecule has 0 atom stereocenters. The lowest BCUT2D eigenvalue weighted by Crippen LogP contribution is -1.95. The van der Waals surface area contributed by atoms with Gasteiger partial charge in [-0.15, -0.1) is 11.3 Å². The molecule has 0 unspecified atom stereocenters. The lowest BCUT2D eigenvalue weighted by molar-refractivity contribution is 0.471. The van der Waals surface area contributed by atoms with Crippen molar-refractivity contribution in [2.24, 2.45) is 0 Å². The number of aryl methyl sites for hydroxylation is 2. The summed E-state index contributed by atoms with van der Waals surface area (Å²) in [6, 6.07) is 0. The lowest BCUT2D eigenvalue weighted by Gasteiger charge is -1.92. The summed E-state index contributed by atoms with van der Waals surface area (Å²) in [5.41, 5.74) is 1.34. The van der Waals surface area contributed by atoms with Crippen molar-refractivity contribution < 1.29 is 4.39 Å². The molecule has 0 aliphatic heterocycles. The monoisotopic (exact) mass is 211 g/mol. The molecule has 3 nitrogen and oxygen atoms in total. The summed E-state index contributed by atoms with van der Waals surface area (Å²) in [4.78, 5) is 4.27. The molecule has 2 rings (SSSR count). The van der Waals surface area contributed by atoms with Gasteiger partial charge in [0.2, 0.25) is 0 Å². The van der Waals surface area contributed by atoms with Gasteiger partial charge in [0.1, 0.15) is 6.67 Å². The highest BCUT2D eigenvalue weighted by atomic mass is 32.1. The molecule has 0 aliphatic rings. The molecule has 0 saturated carbocycles. The first-order valence-electron chi connectivity index (χ1n) is 4.24. The normalized spacial score (nSPS) is 10.8. The van der Waals surface area contributed by atoms with Crippen molar-refractivity contribution in [2.75, 3.05) is 0 Å². The predicted molar refractivity (Wildman–Crippen MR) is 53.5 cm³/mol. The zero-order valence-corrected chi connectivity index (χ0v) is 8.81. The van der Waals surface area contributed by atoms with Gasteiger partial charge in [-0.25, -0.2) is 14.1 Å². The average Bonchev–Trinajstić information content (AvgIpc) is 2.71. The fourth-order valence-electron chi connectivity index (χ4n) is 1.20. The van der Waals surface area contributed by atoms with E-state index in [-0.39, 0.29) is 0 Å². The van der Waals surface area contributed by atoms with E-state index < -0.39 is 6.67 Å². The zero-order valence-electron chi connectivity index (χ0n) is 7.99. The van der Waals surface area contributed by atoms with Crippen LogP contribution in [0.4, 0.5) is 4.39 Å². The molecule has 2 aromatic heterocycles. The minimum Gasteiger partial charge on any atom is -0.244 e. The lowest BCUT2D eigenvalue weighted by atomic mass is 10.3. The largest absolute Gasteiger partial charge is 0.244 e. The number of alkyl halides is 1. The molecule has 0 aliphatic carbocycles. The topological polar surface area (TPSA) is 30.7 Å². The van der Waals surface area contributed by atoms with E-state index in [0.717, 1.165) is 16.4 Å². The van der Waals surface area contributed by atoms with Gasteiger partial charge < -0.3 is 0 Å². The van der Waals surface area contributed by atoms with Crippen molar-refractivity contribution in [3.63, 3.8) is 0 Å². The standard InChI is InChI=1S/C9H10FN3S/c1-6-4-13(12-8(6)3-10)9-5-14-7(2)11-9/h4-5H,3H2,1-2H3. The van der Waals surface area contributed by atoms with Crippen LogP contribution < -0.4 is 0 Å². The van der Waals surface area contributed by atoms with Gasteiger partial charge in [0, 0.05) is 11.6 Å². The summed E-state index contributed by atoms with van der Waals surface area (Å²) in [7, 11) is 0. The maximum Gasteiger partial charge on any atom is 0.164 e. The minimum absolute atomic E-state index is 0.482. The van der Waals surface area contributed by atoms with Gasteiger partial charge in [0.15, 0.2) is 5.82 Å². The Kier molecular flexibility index (Phi) is 2.33. The third-order valence-corrected chi connectivity index (χ3v) is 2.73. The van der Waals surface area contributed by atoms with E-state index in [1.807, 2.05) is 19.2 Å². The Balaban J connectivity index is 2.42. The Bertz CT molecular complexity index is 447. The molecule has 0 amide bonds. The van der Waals surface area contributed by atoms with Crippen LogP contribution in [0.1, 0.15) is 16.3 Å². The molecule has 2 heterocycles. The van der Waals surface area contributed by atoms with Crippen molar-refractivity contribution >= 4 is 11.3 Å². The van der Waals surface area contributed by atoms with Gasteiger partial charge in [-0.2, -0.15) is 5.10 Å². The van der Waals surface area contributed by atoms with Crippen LogP contribution in [-0.2, 0) is 6.67 Å². The Labute approximate surface area is 85.2 Å². The van der Waals surface area contributed by atoms with Crippen LogP contribution in [0.3, 0.4) is 0 Å². The number of rotatable bonds is 2. The maximum absolute atomic E-state index is 12.4. The minimum atomic E-state index is -0.526. The van der Waals surface area contributed by atoms with E-state index in [1.165, 1.54) is 0 Å². The third kappa shape index (κ3) is 1.55. The quantitative estimate of drug-likeness (QED) is 0.763. The fraction of sp³-hybridized carbons (Fsp3) is 0.333. The molecular formula is C9H10FN3S. The molecule has 0 saturated heterocycles. The summed E-state index contributed by atoms with van der Waals surface area (Å²) >= 11 is 1.56. The van der Waals surface area contributed by atoms with Gasteiger partial charge >= 0.3 is 0 Å². The van der Waals surface area contributed by atoms with Gasteiger partial charge in [-0.1, -0.05) is 0 Å². The molecule has 0 aromatic carbocycles. The summed E-state index contributed by atoms with van der Waals surface area (Å²) in [5.74, 6) is 0.760. The number of hydrogen-bond acceptors (Lipinski definition) is 3. The Hall–Kier alpha value is -1.23. The van der Waals surface area contributed by atoms with Crippen LogP contribution in [0.25, 0.3) is 5.82 Å². The number of hydrogen-bond donors (Lipinski definition) is 0. The van der Waals surface area contributed by atoms with Gasteiger partial charge in [-0.3, -0.25) is 0 Å². The highest BCUT2D eigenvalue weighted by Gasteiger charge is 2.07. The van der Waals surface area contributed by atoms with Crippen molar-refractivity contribution in [1.29, 1.82) is 0 Å². The van der Waals surface area contributed by atoms with Crippen molar-refractivity contribution in [3.05, 3.63) is 27.8 Å². The number of aromatic nitrogens is 3. The highest BCUT2D eigenvalue weighted by molar-refractivity contribution is 7.09. The van der Waals surface area contributed by atoms with Crippen LogP contribution in [0.15, 0.2) is 11.6 Å². The van der Waals surface area contributed by atoms with Crippen molar-refractivity contribution in [3.8, 4) is 5.82 Å². The van der Waals surface area contributed by atoms with Gasteiger partial charge in [-0.05, 0) is 19.4 Å². The first-order chi connectivity index (χ1) is 6.70.